The number of amides is 1. The molecule has 1 amide bonds. The van der Waals surface area contributed by atoms with Gasteiger partial charge in [0.05, 0.1) is 25.2 Å². The van der Waals surface area contributed by atoms with Crippen molar-refractivity contribution in [1.29, 1.82) is 0 Å². The Labute approximate surface area is 161 Å². The van der Waals surface area contributed by atoms with E-state index in [1.807, 2.05) is 23.1 Å². The number of ether oxygens (including phenoxy) is 2. The van der Waals surface area contributed by atoms with Crippen LogP contribution in [0.15, 0.2) is 24.3 Å². The summed E-state index contributed by atoms with van der Waals surface area (Å²) in [6, 6.07) is 8.04. The van der Waals surface area contributed by atoms with Crippen molar-refractivity contribution >= 4 is 5.91 Å². The van der Waals surface area contributed by atoms with Crippen molar-refractivity contribution in [2.24, 2.45) is 11.3 Å². The molecule has 6 nitrogen and oxygen atoms in total. The third kappa shape index (κ3) is 3.46. The molecule has 0 spiro atoms. The number of aliphatic hydroxyl groups is 1. The topological polar surface area (TPSA) is 62.2 Å². The first-order chi connectivity index (χ1) is 13.2. The quantitative estimate of drug-likeness (QED) is 0.843. The Morgan fingerprint density at radius 1 is 1.33 bits per heavy atom. The highest BCUT2D eigenvalue weighted by molar-refractivity contribution is 5.79. The van der Waals surface area contributed by atoms with E-state index in [9.17, 15) is 9.90 Å². The van der Waals surface area contributed by atoms with Crippen LogP contribution >= 0.6 is 0 Å². The molecule has 3 aliphatic rings. The molecule has 1 aromatic carbocycles. The Morgan fingerprint density at radius 2 is 2.11 bits per heavy atom. The van der Waals surface area contributed by atoms with Crippen LogP contribution in [0.5, 0.6) is 5.75 Å². The molecule has 2 fully saturated rings. The highest BCUT2D eigenvalue weighted by Gasteiger charge is 2.52. The van der Waals surface area contributed by atoms with Crippen molar-refractivity contribution in [1.82, 2.24) is 9.80 Å². The summed E-state index contributed by atoms with van der Waals surface area (Å²) in [5.41, 5.74) is 0.755. The summed E-state index contributed by atoms with van der Waals surface area (Å²) in [5.74, 6) is 1.39. The van der Waals surface area contributed by atoms with E-state index >= 15 is 0 Å². The fourth-order valence-electron chi connectivity index (χ4n) is 4.92. The predicted octanol–water partition coefficient (Wildman–Crippen LogP) is 1.34. The molecule has 3 aliphatic heterocycles. The third-order valence-electron chi connectivity index (χ3n) is 6.63. The number of hydrogen-bond donors (Lipinski definition) is 1. The Bertz CT molecular complexity index is 674. The number of nitrogens with zero attached hydrogens (tertiary/aromatic N) is 2. The van der Waals surface area contributed by atoms with E-state index in [2.05, 4.69) is 11.0 Å². The number of likely N-dealkylation sites (tertiary alicyclic amines) is 2. The number of piperidine rings is 1. The molecule has 4 rings (SSSR count). The Morgan fingerprint density at radius 3 is 2.85 bits per heavy atom. The zero-order chi connectivity index (χ0) is 18.9. The molecule has 0 aromatic heterocycles. The van der Waals surface area contributed by atoms with Gasteiger partial charge in [0.1, 0.15) is 5.75 Å². The average molecular weight is 374 g/mol. The van der Waals surface area contributed by atoms with Gasteiger partial charge in [-0.1, -0.05) is 18.2 Å². The van der Waals surface area contributed by atoms with Gasteiger partial charge in [0.25, 0.3) is 0 Å². The van der Waals surface area contributed by atoms with Crippen LogP contribution in [0.4, 0.5) is 0 Å². The summed E-state index contributed by atoms with van der Waals surface area (Å²) in [4.78, 5) is 17.6. The smallest absolute Gasteiger partial charge is 0.225 e. The average Bonchev–Trinajstić information content (AvgIpc) is 3.13. The maximum absolute atomic E-state index is 13.2. The zero-order valence-corrected chi connectivity index (χ0v) is 16.1. The summed E-state index contributed by atoms with van der Waals surface area (Å²) >= 11 is 0. The summed E-state index contributed by atoms with van der Waals surface area (Å²) in [5, 5.41) is 10.2. The number of aliphatic hydroxyl groups excluding tert-OH is 1. The SMILES string of the molecule is COCCN1CCC(C(=O)N2C[C@@H]3c4ccccc4OC[C@]3(CO)C2)CC1. The maximum Gasteiger partial charge on any atom is 0.225 e. The molecule has 148 valence electrons. The zero-order valence-electron chi connectivity index (χ0n) is 16.1. The standard InChI is InChI=1S/C21H30N2O4/c1-26-11-10-22-8-6-16(7-9-22)20(25)23-12-18-17-4-2-3-5-19(17)27-15-21(18,13-23)14-24/h2-5,16,18,24H,6-15H2,1H3/t18-,21-/m1/s1. The van der Waals surface area contributed by atoms with Gasteiger partial charge in [0, 0.05) is 38.6 Å². The summed E-state index contributed by atoms with van der Waals surface area (Å²) < 4.78 is 11.1. The first-order valence-corrected chi connectivity index (χ1v) is 9.99. The Kier molecular flexibility index (Phi) is 5.39. The minimum atomic E-state index is -0.372. The molecule has 0 aliphatic carbocycles. The Balaban J connectivity index is 1.43. The molecular weight excluding hydrogens is 344 g/mol. The lowest BCUT2D eigenvalue weighted by Crippen LogP contribution is -2.45. The first kappa shape index (κ1) is 18.7. The summed E-state index contributed by atoms with van der Waals surface area (Å²) in [7, 11) is 1.72. The Hall–Kier alpha value is -1.63. The number of methoxy groups -OCH3 is 1. The van der Waals surface area contributed by atoms with Gasteiger partial charge in [0.15, 0.2) is 0 Å². The third-order valence-corrected chi connectivity index (χ3v) is 6.63. The number of carbonyl (C=O) groups excluding carboxylic acids is 1. The minimum Gasteiger partial charge on any atom is -0.493 e. The van der Waals surface area contributed by atoms with Gasteiger partial charge in [-0.05, 0) is 37.6 Å². The van der Waals surface area contributed by atoms with Crippen LogP contribution in [0, 0.1) is 11.3 Å². The van der Waals surface area contributed by atoms with Gasteiger partial charge in [-0.15, -0.1) is 0 Å². The van der Waals surface area contributed by atoms with Crippen LogP contribution in [0.25, 0.3) is 0 Å². The highest BCUT2D eigenvalue weighted by atomic mass is 16.5. The van der Waals surface area contributed by atoms with Crippen LogP contribution in [0.2, 0.25) is 0 Å². The number of hydrogen-bond acceptors (Lipinski definition) is 5. The molecule has 1 N–H and O–H groups in total. The van der Waals surface area contributed by atoms with Gasteiger partial charge in [0.2, 0.25) is 5.91 Å². The molecule has 27 heavy (non-hydrogen) atoms. The number of benzene rings is 1. The monoisotopic (exact) mass is 374 g/mol. The van der Waals surface area contributed by atoms with E-state index in [0.29, 0.717) is 19.7 Å². The van der Waals surface area contributed by atoms with Crippen LogP contribution < -0.4 is 4.74 Å². The lowest BCUT2D eigenvalue weighted by Gasteiger charge is -2.37. The van der Waals surface area contributed by atoms with Crippen LogP contribution in [-0.2, 0) is 9.53 Å². The minimum absolute atomic E-state index is 0.0469. The van der Waals surface area contributed by atoms with E-state index < -0.39 is 0 Å². The van der Waals surface area contributed by atoms with E-state index in [1.54, 1.807) is 7.11 Å². The number of fused-ring (bicyclic) bond motifs is 3. The van der Waals surface area contributed by atoms with E-state index in [1.165, 1.54) is 0 Å². The summed E-state index contributed by atoms with van der Waals surface area (Å²) in [6.45, 7) is 5.38. The predicted molar refractivity (Wildman–Crippen MR) is 102 cm³/mol. The molecular formula is C21H30N2O4. The van der Waals surface area contributed by atoms with Gasteiger partial charge in [-0.25, -0.2) is 0 Å². The summed E-state index contributed by atoms with van der Waals surface area (Å²) in [6.07, 6.45) is 1.81. The second-order valence-electron chi connectivity index (χ2n) is 8.23. The molecule has 2 saturated heterocycles. The molecule has 0 bridgehead atoms. The van der Waals surface area contributed by atoms with E-state index in [-0.39, 0.29) is 29.8 Å². The molecule has 1 aromatic rings. The lowest BCUT2D eigenvalue weighted by atomic mass is 9.74. The molecule has 0 unspecified atom stereocenters. The number of rotatable bonds is 5. The van der Waals surface area contributed by atoms with Crippen LogP contribution in [0.1, 0.15) is 24.3 Å². The van der Waals surface area contributed by atoms with Gasteiger partial charge >= 0.3 is 0 Å². The molecule has 0 radical (unpaired) electrons. The van der Waals surface area contributed by atoms with Crippen LogP contribution in [-0.4, -0.2) is 80.5 Å². The van der Waals surface area contributed by atoms with Crippen LogP contribution in [0.3, 0.4) is 0 Å². The van der Waals surface area contributed by atoms with Crippen molar-refractivity contribution < 1.29 is 19.4 Å². The number of para-hydroxylation sites is 1. The highest BCUT2D eigenvalue weighted by Crippen LogP contribution is 2.49. The second-order valence-corrected chi connectivity index (χ2v) is 8.23. The van der Waals surface area contributed by atoms with Gasteiger partial charge < -0.3 is 24.4 Å². The van der Waals surface area contributed by atoms with E-state index in [4.69, 9.17) is 9.47 Å². The fraction of sp³-hybridized carbons (Fsp3) is 0.667. The second kappa shape index (κ2) is 7.78. The molecule has 3 heterocycles. The van der Waals surface area contributed by atoms with E-state index in [0.717, 1.165) is 50.4 Å². The van der Waals surface area contributed by atoms with Crippen molar-refractivity contribution in [3.63, 3.8) is 0 Å². The molecule has 2 atom stereocenters. The fourth-order valence-corrected chi connectivity index (χ4v) is 4.92. The first-order valence-electron chi connectivity index (χ1n) is 9.99. The largest absolute Gasteiger partial charge is 0.493 e. The maximum atomic E-state index is 13.2. The molecule has 0 saturated carbocycles. The van der Waals surface area contributed by atoms with Crippen molar-refractivity contribution in [2.75, 3.05) is 59.7 Å². The van der Waals surface area contributed by atoms with Crippen molar-refractivity contribution in [3.8, 4) is 5.75 Å². The van der Waals surface area contributed by atoms with Crippen molar-refractivity contribution in [2.45, 2.75) is 18.8 Å². The van der Waals surface area contributed by atoms with Crippen molar-refractivity contribution in [3.05, 3.63) is 29.8 Å². The van der Waals surface area contributed by atoms with Gasteiger partial charge in [-0.3, -0.25) is 4.79 Å². The lowest BCUT2D eigenvalue weighted by molar-refractivity contribution is -0.136. The van der Waals surface area contributed by atoms with Gasteiger partial charge in [-0.2, -0.15) is 0 Å². The number of carbonyl (C=O) groups is 1. The normalized spacial score (nSPS) is 28.5. The molecule has 6 heteroatoms.